The van der Waals surface area contributed by atoms with Crippen molar-refractivity contribution in [3.63, 3.8) is 0 Å². The second-order valence-corrected chi connectivity index (χ2v) is 5.47. The number of nitro groups is 1. The van der Waals surface area contributed by atoms with E-state index >= 15 is 0 Å². The lowest BCUT2D eigenvalue weighted by Crippen LogP contribution is -2.51. The number of halogens is 1. The molecule has 4 atom stereocenters. The molecule has 18 heavy (non-hydrogen) atoms. The lowest BCUT2D eigenvalue weighted by atomic mass is 9.53. The number of rotatable bonds is 5. The van der Waals surface area contributed by atoms with Crippen molar-refractivity contribution in [1.29, 1.82) is 0 Å². The van der Waals surface area contributed by atoms with Gasteiger partial charge in [-0.1, -0.05) is 0 Å². The van der Waals surface area contributed by atoms with Crippen LogP contribution in [0.5, 0.6) is 0 Å². The second kappa shape index (κ2) is 4.82. The summed E-state index contributed by atoms with van der Waals surface area (Å²) in [5.41, 5.74) is -0.665. The van der Waals surface area contributed by atoms with Crippen molar-refractivity contribution in [3.05, 3.63) is 10.1 Å². The van der Waals surface area contributed by atoms with Gasteiger partial charge in [0.05, 0.1) is 13.0 Å². The third kappa shape index (κ3) is 2.33. The Kier molecular flexibility index (Phi) is 3.54. The molecule has 0 aliphatic heterocycles. The minimum Gasteiger partial charge on any atom is -0.466 e. The molecule has 6 heteroatoms. The minimum absolute atomic E-state index is 0.0256. The topological polar surface area (TPSA) is 69.4 Å². The van der Waals surface area contributed by atoms with Crippen LogP contribution in [0.4, 0.5) is 4.39 Å². The number of alkyl halides is 1. The predicted octanol–water partition coefficient (Wildman–Crippen LogP) is 1.97. The quantitative estimate of drug-likeness (QED) is 0.430. The van der Waals surface area contributed by atoms with Crippen LogP contribution in [0.3, 0.4) is 0 Å². The van der Waals surface area contributed by atoms with E-state index in [0.717, 1.165) is 0 Å². The molecule has 0 aromatic rings. The molecule has 102 valence electrons. The summed E-state index contributed by atoms with van der Waals surface area (Å²) in [6, 6.07) is 0. The number of nitrogens with zero attached hydrogens (tertiary/aromatic N) is 1. The summed E-state index contributed by atoms with van der Waals surface area (Å²) in [7, 11) is 0. The molecular weight excluding hydrogens is 241 g/mol. The van der Waals surface area contributed by atoms with Crippen LogP contribution < -0.4 is 0 Å². The van der Waals surface area contributed by atoms with E-state index in [1.165, 1.54) is 0 Å². The number of hydrogen-bond donors (Lipinski definition) is 0. The zero-order valence-corrected chi connectivity index (χ0v) is 10.4. The number of hydrogen-bond acceptors (Lipinski definition) is 4. The van der Waals surface area contributed by atoms with E-state index in [2.05, 4.69) is 0 Å². The first-order chi connectivity index (χ1) is 8.47. The molecule has 0 radical (unpaired) electrons. The van der Waals surface area contributed by atoms with Crippen LogP contribution in [0, 0.1) is 27.4 Å². The Morgan fingerprint density at radius 2 is 2.28 bits per heavy atom. The molecule has 2 aliphatic carbocycles. The van der Waals surface area contributed by atoms with Crippen LogP contribution in [-0.2, 0) is 9.53 Å². The highest BCUT2D eigenvalue weighted by Gasteiger charge is 2.61. The van der Waals surface area contributed by atoms with Gasteiger partial charge in [0.25, 0.3) is 0 Å². The number of fused-ring (bicyclic) bond motifs is 1. The van der Waals surface area contributed by atoms with E-state index in [0.29, 0.717) is 19.3 Å². The Bertz CT molecular complexity index is 362. The van der Waals surface area contributed by atoms with Gasteiger partial charge in [-0.2, -0.15) is 0 Å². The van der Waals surface area contributed by atoms with Crippen LogP contribution in [0.1, 0.15) is 32.6 Å². The molecule has 0 amide bonds. The summed E-state index contributed by atoms with van der Waals surface area (Å²) in [5.74, 6) is -0.211. The molecule has 0 spiro atoms. The van der Waals surface area contributed by atoms with E-state index in [1.807, 2.05) is 0 Å². The lowest BCUT2D eigenvalue weighted by Gasteiger charge is -2.49. The molecule has 0 heterocycles. The van der Waals surface area contributed by atoms with Crippen molar-refractivity contribution < 1.29 is 18.8 Å². The van der Waals surface area contributed by atoms with Crippen LogP contribution >= 0.6 is 0 Å². The molecule has 0 aromatic carbocycles. The van der Waals surface area contributed by atoms with E-state index in [1.54, 1.807) is 6.92 Å². The smallest absolute Gasteiger partial charge is 0.306 e. The van der Waals surface area contributed by atoms with Gasteiger partial charge in [0, 0.05) is 10.3 Å². The van der Waals surface area contributed by atoms with Gasteiger partial charge in [-0.25, -0.2) is 4.39 Å². The number of ether oxygens (including phenoxy) is 1. The molecular formula is C12H18FNO4. The number of esters is 1. The fraction of sp³-hybridized carbons (Fsp3) is 0.917. The summed E-state index contributed by atoms with van der Waals surface area (Å²) in [6.07, 6.45) is 0.620. The summed E-state index contributed by atoms with van der Waals surface area (Å²) in [5, 5.41) is 10.8. The largest absolute Gasteiger partial charge is 0.466 e. The van der Waals surface area contributed by atoms with Gasteiger partial charge in [0.2, 0.25) is 6.54 Å². The monoisotopic (exact) mass is 259 g/mol. The predicted molar refractivity (Wildman–Crippen MR) is 61.3 cm³/mol. The van der Waals surface area contributed by atoms with Crippen LogP contribution in [0.2, 0.25) is 0 Å². The minimum atomic E-state index is -0.865. The van der Waals surface area contributed by atoms with Gasteiger partial charge in [0.1, 0.15) is 6.17 Å². The average molecular weight is 259 g/mol. The van der Waals surface area contributed by atoms with Gasteiger partial charge >= 0.3 is 5.97 Å². The highest BCUT2D eigenvalue weighted by molar-refractivity contribution is 5.70. The SMILES string of the molecule is CCOC(=O)C[C@@]1(C[N+](=O)[O-])C[C@H]2C[C@H](F)C[C@H]21. The molecule has 0 unspecified atom stereocenters. The van der Waals surface area contributed by atoms with Gasteiger partial charge in [-0.15, -0.1) is 0 Å². The maximum atomic E-state index is 13.3. The van der Waals surface area contributed by atoms with Gasteiger partial charge in [-0.05, 0) is 38.0 Å². The fourth-order valence-corrected chi connectivity index (χ4v) is 3.74. The summed E-state index contributed by atoms with van der Waals surface area (Å²) >= 11 is 0. The zero-order chi connectivity index (χ0) is 13.3. The molecule has 0 N–H and O–H groups in total. The second-order valence-electron chi connectivity index (χ2n) is 5.47. The Morgan fingerprint density at radius 1 is 1.56 bits per heavy atom. The van der Waals surface area contributed by atoms with E-state index in [4.69, 9.17) is 4.74 Å². The zero-order valence-electron chi connectivity index (χ0n) is 10.4. The highest BCUT2D eigenvalue weighted by Crippen LogP contribution is 2.61. The van der Waals surface area contributed by atoms with E-state index in [-0.39, 0.29) is 36.3 Å². The Morgan fingerprint density at radius 3 is 2.83 bits per heavy atom. The van der Waals surface area contributed by atoms with Gasteiger partial charge in [0.15, 0.2) is 0 Å². The van der Waals surface area contributed by atoms with Crippen LogP contribution in [0.15, 0.2) is 0 Å². The molecule has 2 rings (SSSR count). The van der Waals surface area contributed by atoms with Crippen LogP contribution in [-0.4, -0.2) is 30.2 Å². The van der Waals surface area contributed by atoms with Crippen molar-refractivity contribution >= 4 is 5.97 Å². The van der Waals surface area contributed by atoms with Gasteiger partial charge < -0.3 is 4.74 Å². The third-order valence-corrected chi connectivity index (χ3v) is 4.34. The van der Waals surface area contributed by atoms with E-state index < -0.39 is 17.6 Å². The fourth-order valence-electron chi connectivity index (χ4n) is 3.74. The first-order valence-corrected chi connectivity index (χ1v) is 6.38. The molecule has 0 bridgehead atoms. The Labute approximate surface area is 105 Å². The molecule has 2 aliphatic rings. The molecule has 5 nitrogen and oxygen atoms in total. The third-order valence-electron chi connectivity index (χ3n) is 4.34. The molecule has 2 fully saturated rings. The Balaban J connectivity index is 2.06. The maximum Gasteiger partial charge on any atom is 0.306 e. The normalized spacial score (nSPS) is 37.8. The molecule has 0 aromatic heterocycles. The maximum absolute atomic E-state index is 13.3. The summed E-state index contributed by atoms with van der Waals surface area (Å²) in [4.78, 5) is 22.0. The van der Waals surface area contributed by atoms with Crippen molar-refractivity contribution in [3.8, 4) is 0 Å². The summed E-state index contributed by atoms with van der Waals surface area (Å²) in [6.45, 7) is 1.72. The van der Waals surface area contributed by atoms with Crippen molar-refractivity contribution in [2.75, 3.05) is 13.2 Å². The standard InChI is InChI=1S/C12H18FNO4/c1-2-18-11(15)6-12(7-14(16)17)5-8-3-9(13)4-10(8)12/h8-10H,2-7H2,1H3/t8-,9+,10-,12-/m1/s1. The van der Waals surface area contributed by atoms with Crippen molar-refractivity contribution in [2.45, 2.75) is 38.8 Å². The molecule has 0 saturated heterocycles. The number of carbonyl (C=O) groups is 1. The molecule has 2 saturated carbocycles. The van der Waals surface area contributed by atoms with Crippen molar-refractivity contribution in [1.82, 2.24) is 0 Å². The Hall–Kier alpha value is -1.20. The first-order valence-electron chi connectivity index (χ1n) is 6.38. The summed E-state index contributed by atoms with van der Waals surface area (Å²) < 4.78 is 18.2. The van der Waals surface area contributed by atoms with E-state index in [9.17, 15) is 19.3 Å². The van der Waals surface area contributed by atoms with Crippen molar-refractivity contribution in [2.24, 2.45) is 17.3 Å². The van der Waals surface area contributed by atoms with Gasteiger partial charge in [-0.3, -0.25) is 14.9 Å². The first kappa shape index (κ1) is 13.2. The average Bonchev–Trinajstić information content (AvgIpc) is 2.54. The number of carbonyl (C=O) groups excluding carboxylic acids is 1. The lowest BCUT2D eigenvalue weighted by molar-refractivity contribution is -0.506. The highest BCUT2D eigenvalue weighted by atomic mass is 19.1. The van der Waals surface area contributed by atoms with Crippen LogP contribution in [0.25, 0.3) is 0 Å².